The summed E-state index contributed by atoms with van der Waals surface area (Å²) in [6.45, 7) is 3.76. The zero-order valence-corrected chi connectivity index (χ0v) is 12.0. The molecule has 0 unspecified atom stereocenters. The van der Waals surface area contributed by atoms with Gasteiger partial charge in [0.1, 0.15) is 11.5 Å². The summed E-state index contributed by atoms with van der Waals surface area (Å²) < 4.78 is 35.9. The first-order valence-electron chi connectivity index (χ1n) is 5.83. The van der Waals surface area contributed by atoms with Crippen molar-refractivity contribution in [2.45, 2.75) is 20.0 Å². The molecule has 7 heteroatoms. The Bertz CT molecular complexity index is 513. The number of phenols is 1. The van der Waals surface area contributed by atoms with E-state index in [1.54, 1.807) is 6.07 Å². The minimum absolute atomic E-state index is 0.0235. The number of benzene rings is 1. The molecule has 1 aromatic carbocycles. The van der Waals surface area contributed by atoms with Crippen LogP contribution in [0.1, 0.15) is 13.8 Å². The molecular weight excluding hydrogens is 270 g/mol. The van der Waals surface area contributed by atoms with Crippen molar-refractivity contribution in [2.75, 3.05) is 24.2 Å². The Kier molecular flexibility index (Phi) is 5.44. The molecule has 108 valence electrons. The molecule has 0 aliphatic heterocycles. The minimum Gasteiger partial charge on any atom is -0.506 e. The molecule has 0 amide bonds. The second kappa shape index (κ2) is 6.63. The predicted molar refractivity (Wildman–Crippen MR) is 73.2 cm³/mol. The van der Waals surface area contributed by atoms with E-state index in [0.717, 1.165) is 0 Å². The maximum atomic E-state index is 11.8. The average molecular weight is 289 g/mol. The smallest absolute Gasteiger partial charge is 0.235 e. The molecule has 0 heterocycles. The lowest BCUT2D eigenvalue weighted by Crippen LogP contribution is -2.21. The van der Waals surface area contributed by atoms with Crippen molar-refractivity contribution >= 4 is 15.7 Å². The zero-order chi connectivity index (χ0) is 14.5. The summed E-state index contributed by atoms with van der Waals surface area (Å²) in [4.78, 5) is 0. The van der Waals surface area contributed by atoms with Gasteiger partial charge in [-0.2, -0.15) is 0 Å². The van der Waals surface area contributed by atoms with Crippen LogP contribution < -0.4 is 9.46 Å². The number of sulfonamides is 1. The Morgan fingerprint density at radius 3 is 2.58 bits per heavy atom. The highest BCUT2D eigenvalue weighted by Crippen LogP contribution is 2.28. The normalized spacial score (nSPS) is 11.6. The SMILES string of the molecule is COc1ccc(NS(=O)(=O)CCOC(C)C)c(O)c1. The summed E-state index contributed by atoms with van der Waals surface area (Å²) in [5.74, 6) is 0.0905. The molecule has 1 aromatic rings. The topological polar surface area (TPSA) is 84.9 Å². The quantitative estimate of drug-likeness (QED) is 0.744. The average Bonchev–Trinajstić information content (AvgIpc) is 2.30. The molecule has 0 fully saturated rings. The Hall–Kier alpha value is -1.47. The molecule has 0 saturated heterocycles. The van der Waals surface area contributed by atoms with Crippen LogP contribution in [0.3, 0.4) is 0 Å². The molecule has 0 aromatic heterocycles. The van der Waals surface area contributed by atoms with E-state index in [1.165, 1.54) is 19.2 Å². The maximum Gasteiger partial charge on any atom is 0.235 e. The summed E-state index contributed by atoms with van der Waals surface area (Å²) in [6.07, 6.45) is -0.0235. The van der Waals surface area contributed by atoms with Gasteiger partial charge >= 0.3 is 0 Å². The minimum atomic E-state index is -3.55. The van der Waals surface area contributed by atoms with Crippen molar-refractivity contribution in [1.29, 1.82) is 0 Å². The van der Waals surface area contributed by atoms with Gasteiger partial charge in [-0.25, -0.2) is 8.42 Å². The van der Waals surface area contributed by atoms with E-state index in [9.17, 15) is 13.5 Å². The van der Waals surface area contributed by atoms with Crippen molar-refractivity contribution in [3.05, 3.63) is 18.2 Å². The van der Waals surface area contributed by atoms with Crippen LogP contribution in [0.4, 0.5) is 5.69 Å². The molecule has 19 heavy (non-hydrogen) atoms. The molecule has 0 saturated carbocycles. The van der Waals surface area contributed by atoms with Gasteiger partial charge in [0.05, 0.1) is 31.3 Å². The third-order valence-corrected chi connectivity index (χ3v) is 3.51. The molecule has 0 aliphatic carbocycles. The lowest BCUT2D eigenvalue weighted by Gasteiger charge is -2.11. The second-order valence-corrected chi connectivity index (χ2v) is 6.07. The predicted octanol–water partition coefficient (Wildman–Crippen LogP) is 1.57. The van der Waals surface area contributed by atoms with Gasteiger partial charge in [-0.15, -0.1) is 0 Å². The molecule has 0 bridgehead atoms. The number of nitrogens with one attached hydrogen (secondary N) is 1. The van der Waals surface area contributed by atoms with Crippen LogP contribution in [0, 0.1) is 0 Å². The summed E-state index contributed by atoms with van der Waals surface area (Å²) >= 11 is 0. The molecular formula is C12H19NO5S. The standard InChI is InChI=1S/C12H19NO5S/c1-9(2)18-6-7-19(15,16)13-11-5-4-10(17-3)8-12(11)14/h4-5,8-9,13-14H,6-7H2,1-3H3. The van der Waals surface area contributed by atoms with Crippen LogP contribution in [0.25, 0.3) is 0 Å². The first-order valence-corrected chi connectivity index (χ1v) is 7.48. The monoisotopic (exact) mass is 289 g/mol. The number of hydrogen-bond acceptors (Lipinski definition) is 5. The second-order valence-electron chi connectivity index (χ2n) is 4.22. The fourth-order valence-corrected chi connectivity index (χ4v) is 2.26. The molecule has 0 radical (unpaired) electrons. The molecule has 1 rings (SSSR count). The van der Waals surface area contributed by atoms with Gasteiger partial charge in [-0.3, -0.25) is 4.72 Å². The Balaban J connectivity index is 2.67. The number of rotatable bonds is 7. The molecule has 0 spiro atoms. The van der Waals surface area contributed by atoms with Crippen LogP contribution in [0.15, 0.2) is 18.2 Å². The third kappa shape index (κ3) is 5.35. The van der Waals surface area contributed by atoms with Crippen LogP contribution >= 0.6 is 0 Å². The van der Waals surface area contributed by atoms with Crippen LogP contribution in [-0.4, -0.2) is 39.1 Å². The summed E-state index contributed by atoms with van der Waals surface area (Å²) in [7, 11) is -2.09. The summed E-state index contributed by atoms with van der Waals surface area (Å²) in [5, 5.41) is 9.66. The van der Waals surface area contributed by atoms with Gasteiger partial charge < -0.3 is 14.6 Å². The van der Waals surface area contributed by atoms with Crippen molar-refractivity contribution in [3.8, 4) is 11.5 Å². The fraction of sp³-hybridized carbons (Fsp3) is 0.500. The van der Waals surface area contributed by atoms with E-state index in [1.807, 2.05) is 13.8 Å². The van der Waals surface area contributed by atoms with Gasteiger partial charge in [0.2, 0.25) is 10.0 Å². The van der Waals surface area contributed by atoms with Gasteiger partial charge in [-0.05, 0) is 26.0 Å². The fourth-order valence-electron chi connectivity index (χ4n) is 1.34. The van der Waals surface area contributed by atoms with Gasteiger partial charge in [-0.1, -0.05) is 0 Å². The van der Waals surface area contributed by atoms with Crippen molar-refractivity contribution < 1.29 is 23.0 Å². The van der Waals surface area contributed by atoms with E-state index in [0.29, 0.717) is 5.75 Å². The highest BCUT2D eigenvalue weighted by atomic mass is 32.2. The molecule has 6 nitrogen and oxygen atoms in total. The van der Waals surface area contributed by atoms with Crippen molar-refractivity contribution in [2.24, 2.45) is 0 Å². The van der Waals surface area contributed by atoms with Crippen LogP contribution in [0.5, 0.6) is 11.5 Å². The van der Waals surface area contributed by atoms with Gasteiger partial charge in [0, 0.05) is 6.07 Å². The lowest BCUT2D eigenvalue weighted by atomic mass is 10.3. The number of anilines is 1. The highest BCUT2D eigenvalue weighted by Gasteiger charge is 2.13. The van der Waals surface area contributed by atoms with E-state index >= 15 is 0 Å². The largest absolute Gasteiger partial charge is 0.506 e. The van der Waals surface area contributed by atoms with Crippen molar-refractivity contribution in [1.82, 2.24) is 0 Å². The number of phenolic OH excluding ortho intramolecular Hbond substituents is 1. The van der Waals surface area contributed by atoms with Crippen molar-refractivity contribution in [3.63, 3.8) is 0 Å². The summed E-state index contributed by atoms with van der Waals surface area (Å²) in [5.41, 5.74) is 0.116. The Morgan fingerprint density at radius 1 is 1.37 bits per heavy atom. The number of ether oxygens (including phenoxy) is 2. The van der Waals surface area contributed by atoms with Gasteiger partial charge in [0.25, 0.3) is 0 Å². The molecule has 2 N–H and O–H groups in total. The zero-order valence-electron chi connectivity index (χ0n) is 11.2. The summed E-state index contributed by atoms with van der Waals surface area (Å²) in [6, 6.07) is 4.33. The number of methoxy groups -OCH3 is 1. The first kappa shape index (κ1) is 15.6. The van der Waals surface area contributed by atoms with Gasteiger partial charge in [0.15, 0.2) is 0 Å². The molecule has 0 aliphatic rings. The van der Waals surface area contributed by atoms with E-state index in [2.05, 4.69) is 4.72 Å². The molecule has 0 atom stereocenters. The van der Waals surface area contributed by atoms with Crippen LogP contribution in [-0.2, 0) is 14.8 Å². The van der Waals surface area contributed by atoms with E-state index < -0.39 is 10.0 Å². The third-order valence-electron chi connectivity index (χ3n) is 2.27. The Morgan fingerprint density at radius 2 is 2.05 bits per heavy atom. The Labute approximate surface area is 113 Å². The van der Waals surface area contributed by atoms with E-state index in [4.69, 9.17) is 9.47 Å². The highest BCUT2D eigenvalue weighted by molar-refractivity contribution is 7.92. The van der Waals surface area contributed by atoms with E-state index in [-0.39, 0.29) is 29.9 Å². The van der Waals surface area contributed by atoms with Crippen LogP contribution in [0.2, 0.25) is 0 Å². The number of hydrogen-bond donors (Lipinski definition) is 2. The lowest BCUT2D eigenvalue weighted by molar-refractivity contribution is 0.0913. The first-order chi connectivity index (χ1) is 8.84. The number of aromatic hydroxyl groups is 1. The maximum absolute atomic E-state index is 11.8.